The highest BCUT2D eigenvalue weighted by Crippen LogP contribution is 2.51. The number of hydrogen-bond donors (Lipinski definition) is 0. The first kappa shape index (κ1) is 29.6. The summed E-state index contributed by atoms with van der Waals surface area (Å²) < 4.78 is 0. The summed E-state index contributed by atoms with van der Waals surface area (Å²) in [5, 5.41) is 0. The van der Waals surface area contributed by atoms with Crippen molar-refractivity contribution in [3.8, 4) is 0 Å². The third-order valence-electron chi connectivity index (χ3n) is 5.96. The first-order valence-electron chi connectivity index (χ1n) is 12.1. The third kappa shape index (κ3) is 9.29. The molecule has 3 nitrogen and oxygen atoms in total. The second-order valence-corrected chi connectivity index (χ2v) is 9.18. The molecule has 0 unspecified atom stereocenters. The highest BCUT2D eigenvalue weighted by Gasteiger charge is 2.51. The van der Waals surface area contributed by atoms with E-state index in [0.717, 1.165) is 30.3 Å². The number of carbonyl (C=O) groups is 1. The lowest BCUT2D eigenvalue weighted by Crippen LogP contribution is -2.64. The van der Waals surface area contributed by atoms with Crippen LogP contribution < -0.4 is 0 Å². The Morgan fingerprint density at radius 2 is 1.29 bits per heavy atom. The Labute approximate surface area is 178 Å². The van der Waals surface area contributed by atoms with Crippen LogP contribution >= 0.6 is 0 Å². The Hall–Kier alpha value is -0.570. The van der Waals surface area contributed by atoms with E-state index in [1.165, 1.54) is 32.1 Å². The van der Waals surface area contributed by atoms with Gasteiger partial charge in [-0.1, -0.05) is 75.7 Å². The lowest BCUT2D eigenvalue weighted by Gasteiger charge is -2.58. The van der Waals surface area contributed by atoms with E-state index in [0.29, 0.717) is 17.9 Å². The molecule has 3 rings (SSSR count). The molecule has 0 aromatic rings. The van der Waals surface area contributed by atoms with Gasteiger partial charge < -0.3 is 9.80 Å². The molecule has 3 fully saturated rings. The minimum Gasteiger partial charge on any atom is -0.340 e. The highest BCUT2D eigenvalue weighted by atomic mass is 16.2. The predicted molar refractivity (Wildman–Crippen MR) is 127 cm³/mol. The van der Waals surface area contributed by atoms with Crippen LogP contribution in [0.25, 0.3) is 0 Å². The van der Waals surface area contributed by atoms with Crippen LogP contribution in [0.15, 0.2) is 0 Å². The van der Waals surface area contributed by atoms with E-state index in [4.69, 9.17) is 0 Å². The zero-order chi connectivity index (χ0) is 22.5. The van der Waals surface area contributed by atoms with Crippen LogP contribution in [0, 0.1) is 22.7 Å². The Bertz CT molecular complexity index is 385. The van der Waals surface area contributed by atoms with Crippen molar-refractivity contribution >= 4 is 5.91 Å². The van der Waals surface area contributed by atoms with Gasteiger partial charge in [0.2, 0.25) is 5.91 Å². The topological polar surface area (TPSA) is 23.6 Å². The number of likely N-dealkylation sites (N-methyl/N-ethyl adjacent to an activating group) is 1. The van der Waals surface area contributed by atoms with Crippen LogP contribution in [0.3, 0.4) is 0 Å². The summed E-state index contributed by atoms with van der Waals surface area (Å²) in [6.45, 7) is 23.9. The molecule has 1 spiro atoms. The first-order valence-corrected chi connectivity index (χ1v) is 12.1. The summed E-state index contributed by atoms with van der Waals surface area (Å²) in [7, 11) is 3.89. The van der Waals surface area contributed by atoms with Gasteiger partial charge in [0, 0.05) is 18.5 Å². The number of carbonyl (C=O) groups excluding carboxylic acids is 1. The molecular formula is C25H54N2O. The van der Waals surface area contributed by atoms with Gasteiger partial charge in [-0.15, -0.1) is 0 Å². The van der Waals surface area contributed by atoms with Gasteiger partial charge in [0.1, 0.15) is 0 Å². The molecule has 1 heterocycles. The summed E-state index contributed by atoms with van der Waals surface area (Å²) in [6.07, 6.45) is 6.96. The van der Waals surface area contributed by atoms with Gasteiger partial charge in [0.15, 0.2) is 0 Å². The van der Waals surface area contributed by atoms with E-state index in [1.807, 2.05) is 65.4 Å². The first-order chi connectivity index (χ1) is 13.2. The molecule has 2 saturated carbocycles. The number of hydrogen-bond acceptors (Lipinski definition) is 2. The number of nitrogens with zero attached hydrogens (tertiary/aromatic N) is 2. The van der Waals surface area contributed by atoms with E-state index < -0.39 is 0 Å². The maximum atomic E-state index is 11.6. The average molecular weight is 399 g/mol. The van der Waals surface area contributed by atoms with Gasteiger partial charge >= 0.3 is 0 Å². The molecular weight excluding hydrogens is 344 g/mol. The van der Waals surface area contributed by atoms with Crippen LogP contribution in [0.4, 0.5) is 0 Å². The van der Waals surface area contributed by atoms with E-state index >= 15 is 0 Å². The summed E-state index contributed by atoms with van der Waals surface area (Å²) in [5.74, 6) is 2.20. The molecule has 0 bridgehead atoms. The van der Waals surface area contributed by atoms with E-state index in [9.17, 15) is 4.79 Å². The van der Waals surface area contributed by atoms with Crippen molar-refractivity contribution in [3.63, 3.8) is 0 Å². The second kappa shape index (κ2) is 14.4. The maximum Gasteiger partial charge on any atom is 0.236 e. The van der Waals surface area contributed by atoms with Gasteiger partial charge in [0.25, 0.3) is 0 Å². The fourth-order valence-electron chi connectivity index (χ4n) is 4.90. The molecule has 0 aromatic heterocycles. The minimum atomic E-state index is 0.292. The molecule has 0 N–H and O–H groups in total. The van der Waals surface area contributed by atoms with Crippen LogP contribution in [-0.2, 0) is 4.79 Å². The smallest absolute Gasteiger partial charge is 0.236 e. The van der Waals surface area contributed by atoms with Gasteiger partial charge in [-0.05, 0) is 57.0 Å². The van der Waals surface area contributed by atoms with Crippen LogP contribution in [0.5, 0.6) is 0 Å². The summed E-state index contributed by atoms with van der Waals surface area (Å²) >= 11 is 0. The largest absolute Gasteiger partial charge is 0.340 e. The van der Waals surface area contributed by atoms with E-state index in [-0.39, 0.29) is 0 Å². The molecule has 3 aliphatic rings. The quantitative estimate of drug-likeness (QED) is 0.527. The van der Waals surface area contributed by atoms with Crippen molar-refractivity contribution in [1.29, 1.82) is 0 Å². The fourth-order valence-corrected chi connectivity index (χ4v) is 4.90. The zero-order valence-corrected chi connectivity index (χ0v) is 21.6. The Kier molecular flexibility index (Phi) is 15.3. The van der Waals surface area contributed by atoms with Crippen molar-refractivity contribution in [1.82, 2.24) is 9.80 Å². The van der Waals surface area contributed by atoms with Crippen molar-refractivity contribution in [2.45, 2.75) is 101 Å². The fraction of sp³-hybridized carbons (Fsp3) is 0.960. The number of rotatable bonds is 3. The van der Waals surface area contributed by atoms with Crippen molar-refractivity contribution in [2.24, 2.45) is 22.7 Å². The molecule has 0 radical (unpaired) electrons. The Balaban J connectivity index is 0. The Morgan fingerprint density at radius 1 is 0.893 bits per heavy atom. The van der Waals surface area contributed by atoms with Gasteiger partial charge in [-0.3, -0.25) is 4.79 Å². The van der Waals surface area contributed by atoms with E-state index in [1.54, 1.807) is 0 Å². The lowest BCUT2D eigenvalue weighted by molar-refractivity contribution is -0.154. The van der Waals surface area contributed by atoms with Crippen molar-refractivity contribution in [2.75, 3.05) is 33.7 Å². The minimum absolute atomic E-state index is 0.292. The maximum absolute atomic E-state index is 11.6. The summed E-state index contributed by atoms with van der Waals surface area (Å²) in [5.41, 5.74) is 1.28. The van der Waals surface area contributed by atoms with Crippen molar-refractivity contribution in [3.05, 3.63) is 0 Å². The molecule has 0 aromatic carbocycles. The van der Waals surface area contributed by atoms with Gasteiger partial charge in [-0.25, -0.2) is 0 Å². The number of likely N-dealkylation sites (tertiary alicyclic amines) is 1. The molecule has 28 heavy (non-hydrogen) atoms. The van der Waals surface area contributed by atoms with Gasteiger partial charge in [-0.2, -0.15) is 0 Å². The van der Waals surface area contributed by atoms with E-state index in [2.05, 4.69) is 27.7 Å². The third-order valence-corrected chi connectivity index (χ3v) is 5.96. The second-order valence-electron chi connectivity index (χ2n) is 9.18. The molecule has 1 saturated heterocycles. The monoisotopic (exact) mass is 398 g/mol. The molecule has 170 valence electrons. The van der Waals surface area contributed by atoms with Gasteiger partial charge in [0.05, 0.1) is 6.54 Å². The van der Waals surface area contributed by atoms with Crippen LogP contribution in [0.2, 0.25) is 0 Å². The standard InChI is InChI=1S/C11H20N2O.C8H16.3C2H6/c1-9-4-11(5-9)7-13(8-11)10(14)6-12(2)3;1-4-8(3)5-7(2)6-8;3*1-2/h9H,4-8H2,1-3H3;7H,4-6H2,1-3H3;3*1-2H3. The highest BCUT2D eigenvalue weighted by molar-refractivity contribution is 5.79. The molecule has 1 amide bonds. The predicted octanol–water partition coefficient (Wildman–Crippen LogP) is 6.72. The zero-order valence-electron chi connectivity index (χ0n) is 21.6. The molecule has 3 heteroatoms. The number of amides is 1. The Morgan fingerprint density at radius 3 is 1.54 bits per heavy atom. The van der Waals surface area contributed by atoms with Crippen LogP contribution in [0.1, 0.15) is 101 Å². The van der Waals surface area contributed by atoms with Crippen molar-refractivity contribution < 1.29 is 4.79 Å². The summed E-state index contributed by atoms with van der Waals surface area (Å²) in [6, 6.07) is 0. The molecule has 1 aliphatic heterocycles. The SMILES string of the molecule is CC.CC.CC.CC1CC2(C1)CN(C(=O)CN(C)C)C2.CCC1(C)CC(C)C1. The molecule has 0 atom stereocenters. The average Bonchev–Trinajstić information content (AvgIpc) is 2.60. The molecule has 2 aliphatic carbocycles. The van der Waals surface area contributed by atoms with Crippen LogP contribution in [-0.4, -0.2) is 49.4 Å². The lowest BCUT2D eigenvalue weighted by atomic mass is 9.58. The normalized spacial score (nSPS) is 26.3. The summed E-state index contributed by atoms with van der Waals surface area (Å²) in [4.78, 5) is 15.6.